The summed E-state index contributed by atoms with van der Waals surface area (Å²) in [4.78, 5) is 55.4. The number of amides is 1. The van der Waals surface area contributed by atoms with Gasteiger partial charge in [0.15, 0.2) is 6.10 Å². The van der Waals surface area contributed by atoms with E-state index in [4.69, 9.17) is 45.8 Å². The Morgan fingerprint density at radius 2 is 1.73 bits per heavy atom. The normalized spacial score (nSPS) is 19.8. The maximum Gasteiger partial charge on any atom is 0.331 e. The molecule has 13 nitrogen and oxygen atoms in total. The van der Waals surface area contributed by atoms with Crippen LogP contribution in [0.2, 0.25) is 5.02 Å². The Morgan fingerprint density at radius 3 is 2.27 bits per heavy atom. The zero-order valence-electron chi connectivity index (χ0n) is 23.1. The van der Waals surface area contributed by atoms with E-state index in [-0.39, 0.29) is 18.9 Å². The molecule has 224 valence electrons. The van der Waals surface area contributed by atoms with Crippen molar-refractivity contribution in [1.29, 1.82) is 0 Å². The van der Waals surface area contributed by atoms with Crippen molar-refractivity contribution in [2.24, 2.45) is 5.73 Å². The Balaban J connectivity index is 0.000000453. The predicted octanol–water partition coefficient (Wildman–Crippen LogP) is 2.01. The monoisotopic (exact) mass is 589 g/mol. The van der Waals surface area contributed by atoms with Crippen LogP contribution in [0.15, 0.2) is 18.2 Å². The summed E-state index contributed by atoms with van der Waals surface area (Å²) < 4.78 is 36.0. The minimum Gasteiger partial charge on any atom is -0.493 e. The predicted molar refractivity (Wildman–Crippen MR) is 139 cm³/mol. The summed E-state index contributed by atoms with van der Waals surface area (Å²) in [5.41, 5.74) is 6.00. The van der Waals surface area contributed by atoms with Gasteiger partial charge < -0.3 is 38.9 Å². The van der Waals surface area contributed by atoms with Crippen LogP contribution in [0.3, 0.4) is 0 Å². The van der Waals surface area contributed by atoms with Gasteiger partial charge in [0.1, 0.15) is 31.2 Å². The summed E-state index contributed by atoms with van der Waals surface area (Å²) in [5.74, 6) is -1.90. The molecule has 14 heteroatoms. The highest BCUT2D eigenvalue weighted by Crippen LogP contribution is 2.27. The smallest absolute Gasteiger partial charge is 0.331 e. The largest absolute Gasteiger partial charge is 0.493 e. The van der Waals surface area contributed by atoms with Gasteiger partial charge in [-0.3, -0.25) is 19.2 Å². The molecule has 1 fully saturated rings. The number of methoxy groups -OCH3 is 1. The van der Waals surface area contributed by atoms with Gasteiger partial charge in [0.05, 0.1) is 13.7 Å². The minimum absolute atomic E-state index is 0.0189. The molecule has 1 aliphatic rings. The number of hydrogen-bond acceptors (Lipinski definition) is 12. The summed E-state index contributed by atoms with van der Waals surface area (Å²) in [6, 6.07) is 5.44. The summed E-state index contributed by atoms with van der Waals surface area (Å²) in [6.45, 7) is 5.37. The van der Waals surface area contributed by atoms with Crippen molar-refractivity contribution in [2.45, 2.75) is 71.6 Å². The molecule has 2 unspecified atom stereocenters. The van der Waals surface area contributed by atoms with Crippen LogP contribution < -0.4 is 10.5 Å². The van der Waals surface area contributed by atoms with Gasteiger partial charge in [-0.05, 0) is 37.1 Å². The van der Waals surface area contributed by atoms with Crippen LogP contribution in [0.1, 0.15) is 45.6 Å². The van der Waals surface area contributed by atoms with Crippen LogP contribution in [0.4, 0.5) is 0 Å². The molecule has 1 heterocycles. The molecule has 1 saturated heterocycles. The van der Waals surface area contributed by atoms with E-state index < -0.39 is 55.1 Å². The number of primary amides is 1. The second-order valence-corrected chi connectivity index (χ2v) is 9.02. The van der Waals surface area contributed by atoms with Crippen molar-refractivity contribution in [3.8, 4) is 5.75 Å². The Kier molecular flexibility index (Phi) is 15.6. The zero-order chi connectivity index (χ0) is 30.2. The Hall–Kier alpha value is -3.42. The number of ether oxygens (including phenoxy) is 7. The number of hydrogen-bond donors (Lipinski definition) is 1. The van der Waals surface area contributed by atoms with Gasteiger partial charge in [0.2, 0.25) is 12.2 Å². The van der Waals surface area contributed by atoms with Gasteiger partial charge in [-0.15, -0.1) is 0 Å². The minimum atomic E-state index is -1.01. The average Bonchev–Trinajstić information content (AvgIpc) is 2.85. The standard InChI is InChI=1S/C15H22O10.C11H14ClNO2/c1-8(16)21-6-12-15(24-10(3)18)11(22-7-13(19)20-4)5-14(25-12)23-9(2)17;1-8-7-9(12)4-5-10(8)15-6-2-3-11(13)14/h11-12,14-15H,5-7H2,1-4H3;4-5,7H,2-3,6H2,1H3,(H2,13,14)/t11?,12?,14-,15-;/m0./s1. The van der Waals surface area contributed by atoms with Gasteiger partial charge >= 0.3 is 23.9 Å². The second-order valence-electron chi connectivity index (χ2n) is 8.58. The summed E-state index contributed by atoms with van der Waals surface area (Å²) in [6.07, 6.45) is -2.73. The third-order valence-electron chi connectivity index (χ3n) is 5.14. The topological polar surface area (TPSA) is 176 Å². The average molecular weight is 590 g/mol. The molecule has 0 aliphatic carbocycles. The first kappa shape index (κ1) is 34.6. The van der Waals surface area contributed by atoms with E-state index in [0.29, 0.717) is 24.5 Å². The van der Waals surface area contributed by atoms with Crippen LogP contribution >= 0.6 is 11.6 Å². The highest BCUT2D eigenvalue weighted by Gasteiger charge is 2.44. The molecule has 0 spiro atoms. The van der Waals surface area contributed by atoms with Gasteiger partial charge in [-0.1, -0.05) is 11.6 Å². The fourth-order valence-corrected chi connectivity index (χ4v) is 3.66. The molecule has 0 bridgehead atoms. The van der Waals surface area contributed by atoms with Crippen LogP contribution in [0.25, 0.3) is 0 Å². The van der Waals surface area contributed by atoms with Crippen molar-refractivity contribution in [2.75, 3.05) is 26.9 Å². The van der Waals surface area contributed by atoms with Crippen LogP contribution in [0.5, 0.6) is 5.75 Å². The maximum atomic E-state index is 11.4. The lowest BCUT2D eigenvalue weighted by Crippen LogP contribution is -2.54. The van der Waals surface area contributed by atoms with E-state index in [1.165, 1.54) is 27.9 Å². The van der Waals surface area contributed by atoms with Crippen molar-refractivity contribution in [1.82, 2.24) is 0 Å². The number of rotatable bonds is 12. The second kappa shape index (κ2) is 18.0. The molecule has 1 aliphatic heterocycles. The Bertz CT molecular complexity index is 1020. The van der Waals surface area contributed by atoms with Crippen LogP contribution in [-0.4, -0.2) is 81.3 Å². The lowest BCUT2D eigenvalue weighted by Gasteiger charge is -2.39. The number of halogens is 1. The number of esters is 4. The van der Waals surface area contributed by atoms with E-state index >= 15 is 0 Å². The zero-order valence-corrected chi connectivity index (χ0v) is 23.9. The molecule has 1 aromatic rings. The third-order valence-corrected chi connectivity index (χ3v) is 5.37. The maximum absolute atomic E-state index is 11.4. The highest BCUT2D eigenvalue weighted by molar-refractivity contribution is 6.30. The summed E-state index contributed by atoms with van der Waals surface area (Å²) >= 11 is 5.80. The first-order valence-electron chi connectivity index (χ1n) is 12.3. The fraction of sp³-hybridized carbons (Fsp3) is 0.577. The molecular formula is C26H36ClNO12. The van der Waals surface area contributed by atoms with E-state index in [2.05, 4.69) is 4.74 Å². The van der Waals surface area contributed by atoms with Crippen LogP contribution in [-0.2, 0) is 52.4 Å². The molecule has 2 N–H and O–H groups in total. The molecule has 4 atom stereocenters. The van der Waals surface area contributed by atoms with Gasteiger partial charge in [0, 0.05) is 38.6 Å². The quantitative estimate of drug-likeness (QED) is 0.213. The molecule has 40 heavy (non-hydrogen) atoms. The van der Waals surface area contributed by atoms with Gasteiger partial charge in [-0.25, -0.2) is 4.79 Å². The fourth-order valence-electron chi connectivity index (χ4n) is 3.43. The van der Waals surface area contributed by atoms with E-state index in [1.807, 2.05) is 19.1 Å². The van der Waals surface area contributed by atoms with Crippen molar-refractivity contribution >= 4 is 41.4 Å². The first-order valence-corrected chi connectivity index (χ1v) is 12.7. The molecular weight excluding hydrogens is 554 g/mol. The van der Waals surface area contributed by atoms with Gasteiger partial charge in [-0.2, -0.15) is 0 Å². The molecule has 1 aromatic carbocycles. The molecule has 0 radical (unpaired) electrons. The number of carbonyl (C=O) groups is 5. The molecule has 0 aromatic heterocycles. The third kappa shape index (κ3) is 14.1. The van der Waals surface area contributed by atoms with Crippen molar-refractivity contribution in [3.05, 3.63) is 28.8 Å². The molecule has 1 amide bonds. The number of benzene rings is 1. The van der Waals surface area contributed by atoms with Crippen molar-refractivity contribution < 1.29 is 57.1 Å². The number of aryl methyl sites for hydroxylation is 1. The summed E-state index contributed by atoms with van der Waals surface area (Å²) in [5, 5.41) is 0.692. The van der Waals surface area contributed by atoms with Gasteiger partial charge in [0.25, 0.3) is 0 Å². The van der Waals surface area contributed by atoms with Crippen LogP contribution in [0, 0.1) is 6.92 Å². The highest BCUT2D eigenvalue weighted by atomic mass is 35.5. The van der Waals surface area contributed by atoms with E-state index in [0.717, 1.165) is 11.3 Å². The lowest BCUT2D eigenvalue weighted by atomic mass is 10.0. The molecule has 0 saturated carbocycles. The van der Waals surface area contributed by atoms with E-state index in [9.17, 15) is 24.0 Å². The lowest BCUT2D eigenvalue weighted by molar-refractivity contribution is -0.263. The van der Waals surface area contributed by atoms with Crippen molar-refractivity contribution in [3.63, 3.8) is 0 Å². The Labute approximate surface area is 237 Å². The number of nitrogens with two attached hydrogens (primary N) is 1. The number of carbonyl (C=O) groups excluding carboxylic acids is 5. The molecule has 2 rings (SSSR count). The Morgan fingerprint density at radius 1 is 1.05 bits per heavy atom. The first-order chi connectivity index (χ1) is 18.8. The SMILES string of the molecule is COC(=O)COC1C[C@@H](OC(C)=O)OC(COC(C)=O)[C@H]1OC(C)=O.Cc1cc(Cl)ccc1OCCCC(N)=O. The van der Waals surface area contributed by atoms with E-state index in [1.54, 1.807) is 6.07 Å². The summed E-state index contributed by atoms with van der Waals surface area (Å²) in [7, 11) is 1.20.